The summed E-state index contributed by atoms with van der Waals surface area (Å²) in [7, 11) is 0. The van der Waals surface area contributed by atoms with Gasteiger partial charge >= 0.3 is 0 Å². The van der Waals surface area contributed by atoms with Gasteiger partial charge in [-0.05, 0) is 63.2 Å². The molecule has 1 aromatic carbocycles. The minimum absolute atomic E-state index is 0.187. The standard InChI is InChI=1S/C23H32FN5O2/c24-18-4-5-21-19(16-18)20(23(30)26-7-11-28-8-1-2-9-28)17-22(27-21)25-6-3-10-29-12-14-31-15-13-29/h4-5,16-17H,1-3,6-15H2,(H,25,27)(H,26,30). The summed E-state index contributed by atoms with van der Waals surface area (Å²) < 4.78 is 19.2. The van der Waals surface area contributed by atoms with Crippen molar-refractivity contribution >= 4 is 22.6 Å². The lowest BCUT2D eigenvalue weighted by Gasteiger charge is -2.26. The zero-order valence-electron chi connectivity index (χ0n) is 18.0. The fraction of sp³-hybridized carbons (Fsp3) is 0.565. The number of anilines is 1. The molecule has 0 atom stereocenters. The molecule has 0 aliphatic carbocycles. The van der Waals surface area contributed by atoms with Gasteiger partial charge in [-0.3, -0.25) is 9.69 Å². The van der Waals surface area contributed by atoms with Crippen LogP contribution in [0, 0.1) is 5.82 Å². The number of aromatic nitrogens is 1. The normalized spacial score (nSPS) is 17.8. The Labute approximate surface area is 182 Å². The number of benzene rings is 1. The van der Waals surface area contributed by atoms with Crippen molar-refractivity contribution in [1.82, 2.24) is 20.1 Å². The number of hydrogen-bond acceptors (Lipinski definition) is 6. The maximum atomic E-state index is 13.9. The topological polar surface area (TPSA) is 69.7 Å². The molecule has 4 rings (SSSR count). The van der Waals surface area contributed by atoms with E-state index in [1.807, 2.05) is 0 Å². The summed E-state index contributed by atoms with van der Waals surface area (Å²) >= 11 is 0. The number of likely N-dealkylation sites (tertiary alicyclic amines) is 1. The molecule has 2 N–H and O–H groups in total. The average Bonchev–Trinajstić information content (AvgIpc) is 3.30. The van der Waals surface area contributed by atoms with Crippen LogP contribution in [0.5, 0.6) is 0 Å². The molecule has 1 amide bonds. The summed E-state index contributed by atoms with van der Waals surface area (Å²) in [6.07, 6.45) is 3.42. The molecule has 0 bridgehead atoms. The number of nitrogens with zero attached hydrogens (tertiary/aromatic N) is 3. The number of ether oxygens (including phenoxy) is 1. The molecule has 2 aliphatic rings. The smallest absolute Gasteiger partial charge is 0.252 e. The van der Waals surface area contributed by atoms with E-state index in [-0.39, 0.29) is 11.7 Å². The first kappa shape index (κ1) is 21.9. The fourth-order valence-corrected chi connectivity index (χ4v) is 4.25. The first-order valence-electron chi connectivity index (χ1n) is 11.3. The molecular weight excluding hydrogens is 397 g/mol. The number of carbonyl (C=O) groups is 1. The van der Waals surface area contributed by atoms with E-state index in [1.54, 1.807) is 12.1 Å². The van der Waals surface area contributed by atoms with Gasteiger partial charge in [-0.1, -0.05) is 0 Å². The maximum absolute atomic E-state index is 13.9. The van der Waals surface area contributed by atoms with E-state index in [2.05, 4.69) is 25.4 Å². The largest absolute Gasteiger partial charge is 0.379 e. The molecule has 31 heavy (non-hydrogen) atoms. The molecule has 0 saturated carbocycles. The number of carbonyl (C=O) groups excluding carboxylic acids is 1. The predicted octanol–water partition coefficient (Wildman–Crippen LogP) is 2.33. The molecule has 1 aromatic heterocycles. The number of nitrogens with one attached hydrogen (secondary N) is 2. The summed E-state index contributed by atoms with van der Waals surface area (Å²) in [5, 5.41) is 6.87. The molecular formula is C23H32FN5O2. The van der Waals surface area contributed by atoms with Gasteiger partial charge in [0.1, 0.15) is 11.6 Å². The van der Waals surface area contributed by atoms with Gasteiger partial charge in [0.15, 0.2) is 0 Å². The third-order valence-corrected chi connectivity index (χ3v) is 5.99. The maximum Gasteiger partial charge on any atom is 0.252 e. The van der Waals surface area contributed by atoms with Gasteiger partial charge < -0.3 is 20.3 Å². The highest BCUT2D eigenvalue weighted by molar-refractivity contribution is 6.07. The Morgan fingerprint density at radius 1 is 1.03 bits per heavy atom. The molecule has 0 radical (unpaired) electrons. The van der Waals surface area contributed by atoms with Crippen molar-refractivity contribution in [2.24, 2.45) is 0 Å². The monoisotopic (exact) mass is 429 g/mol. The van der Waals surface area contributed by atoms with Crippen molar-refractivity contribution in [3.05, 3.63) is 35.6 Å². The van der Waals surface area contributed by atoms with Crippen LogP contribution >= 0.6 is 0 Å². The predicted molar refractivity (Wildman–Crippen MR) is 120 cm³/mol. The molecule has 2 aromatic rings. The molecule has 0 unspecified atom stereocenters. The molecule has 2 saturated heterocycles. The summed E-state index contributed by atoms with van der Waals surface area (Å²) in [5.41, 5.74) is 1.07. The van der Waals surface area contributed by atoms with Crippen LogP contribution in [-0.4, -0.2) is 86.3 Å². The molecule has 0 spiro atoms. The summed E-state index contributed by atoms with van der Waals surface area (Å²) in [5.74, 6) is 0.0889. The zero-order valence-corrected chi connectivity index (χ0v) is 18.0. The van der Waals surface area contributed by atoms with Gasteiger partial charge in [-0.2, -0.15) is 0 Å². The van der Waals surface area contributed by atoms with Gasteiger partial charge in [0.2, 0.25) is 0 Å². The van der Waals surface area contributed by atoms with Gasteiger partial charge in [-0.25, -0.2) is 9.37 Å². The highest BCUT2D eigenvalue weighted by Gasteiger charge is 2.16. The first-order chi connectivity index (χ1) is 15.2. The number of fused-ring (bicyclic) bond motifs is 1. The van der Waals surface area contributed by atoms with Gasteiger partial charge in [0.25, 0.3) is 5.91 Å². The van der Waals surface area contributed by atoms with Crippen LogP contribution in [0.15, 0.2) is 24.3 Å². The molecule has 2 aliphatic heterocycles. The van der Waals surface area contributed by atoms with Crippen LogP contribution in [0.25, 0.3) is 10.9 Å². The summed E-state index contributed by atoms with van der Waals surface area (Å²) in [4.78, 5) is 22.2. The van der Waals surface area contributed by atoms with Crippen molar-refractivity contribution in [2.75, 3.05) is 70.9 Å². The Kier molecular flexibility index (Phi) is 7.66. The van der Waals surface area contributed by atoms with E-state index >= 15 is 0 Å². The van der Waals surface area contributed by atoms with Crippen molar-refractivity contribution < 1.29 is 13.9 Å². The average molecular weight is 430 g/mol. The Bertz CT molecular complexity index is 882. The zero-order chi connectivity index (χ0) is 21.5. The number of amides is 1. The Hall–Kier alpha value is -2.29. The number of halogens is 1. The Balaban J connectivity index is 1.39. The van der Waals surface area contributed by atoms with Crippen LogP contribution < -0.4 is 10.6 Å². The molecule has 3 heterocycles. The second-order valence-corrected chi connectivity index (χ2v) is 8.26. The molecule has 7 nitrogen and oxygen atoms in total. The van der Waals surface area contributed by atoms with Crippen LogP contribution in [-0.2, 0) is 4.74 Å². The van der Waals surface area contributed by atoms with E-state index in [0.29, 0.717) is 28.8 Å². The third-order valence-electron chi connectivity index (χ3n) is 5.99. The fourth-order valence-electron chi connectivity index (χ4n) is 4.25. The number of rotatable bonds is 9. The van der Waals surface area contributed by atoms with Crippen molar-refractivity contribution in [3.8, 4) is 0 Å². The lowest BCUT2D eigenvalue weighted by molar-refractivity contribution is 0.0378. The number of morpholine rings is 1. The minimum Gasteiger partial charge on any atom is -0.379 e. The quantitative estimate of drug-likeness (QED) is 0.597. The third kappa shape index (κ3) is 6.12. The van der Waals surface area contributed by atoms with Crippen LogP contribution in [0.4, 0.5) is 10.2 Å². The van der Waals surface area contributed by atoms with E-state index in [1.165, 1.54) is 25.0 Å². The van der Waals surface area contributed by atoms with Gasteiger partial charge in [-0.15, -0.1) is 0 Å². The van der Waals surface area contributed by atoms with E-state index in [0.717, 1.165) is 65.4 Å². The summed E-state index contributed by atoms with van der Waals surface area (Å²) in [6, 6.07) is 6.14. The van der Waals surface area contributed by atoms with E-state index < -0.39 is 0 Å². The summed E-state index contributed by atoms with van der Waals surface area (Å²) in [6.45, 7) is 8.92. The lowest BCUT2D eigenvalue weighted by atomic mass is 10.1. The van der Waals surface area contributed by atoms with Crippen molar-refractivity contribution in [3.63, 3.8) is 0 Å². The minimum atomic E-state index is -0.369. The van der Waals surface area contributed by atoms with Gasteiger partial charge in [0.05, 0.1) is 24.3 Å². The number of pyridine rings is 1. The molecule has 8 heteroatoms. The van der Waals surface area contributed by atoms with Crippen molar-refractivity contribution in [2.45, 2.75) is 19.3 Å². The van der Waals surface area contributed by atoms with Crippen LogP contribution in [0.3, 0.4) is 0 Å². The van der Waals surface area contributed by atoms with Crippen LogP contribution in [0.1, 0.15) is 29.6 Å². The highest BCUT2D eigenvalue weighted by Crippen LogP contribution is 2.22. The Morgan fingerprint density at radius 3 is 2.61 bits per heavy atom. The van der Waals surface area contributed by atoms with Crippen molar-refractivity contribution in [1.29, 1.82) is 0 Å². The number of hydrogen-bond donors (Lipinski definition) is 2. The van der Waals surface area contributed by atoms with Crippen LogP contribution in [0.2, 0.25) is 0 Å². The van der Waals surface area contributed by atoms with E-state index in [4.69, 9.17) is 4.74 Å². The Morgan fingerprint density at radius 2 is 1.81 bits per heavy atom. The van der Waals surface area contributed by atoms with Gasteiger partial charge in [0, 0.05) is 38.1 Å². The highest BCUT2D eigenvalue weighted by atomic mass is 19.1. The second-order valence-electron chi connectivity index (χ2n) is 8.26. The second kappa shape index (κ2) is 10.8. The lowest BCUT2D eigenvalue weighted by Crippen LogP contribution is -2.37. The SMILES string of the molecule is O=C(NCCN1CCCC1)c1cc(NCCCN2CCOCC2)nc2ccc(F)cc12. The molecule has 168 valence electrons. The first-order valence-corrected chi connectivity index (χ1v) is 11.3. The molecule has 2 fully saturated rings. The van der Waals surface area contributed by atoms with E-state index in [9.17, 15) is 9.18 Å².